The van der Waals surface area contributed by atoms with Crippen LogP contribution >= 0.6 is 0 Å². The first-order chi connectivity index (χ1) is 15.7. The van der Waals surface area contributed by atoms with E-state index in [1.165, 1.54) is 7.11 Å². The minimum absolute atomic E-state index is 0.0611. The maximum Gasteiger partial charge on any atom is 0.305 e. The van der Waals surface area contributed by atoms with Crippen molar-refractivity contribution in [2.75, 3.05) is 13.7 Å². The number of benzene rings is 1. The molecule has 0 radical (unpaired) electrons. The molecular formula is C22H33N5O6. The third-order valence-electron chi connectivity index (χ3n) is 4.71. The highest BCUT2D eigenvalue weighted by molar-refractivity contribution is 6.01. The maximum atomic E-state index is 12.4. The zero-order valence-electron chi connectivity index (χ0n) is 18.8. The molecule has 1 rings (SSSR count). The van der Waals surface area contributed by atoms with Crippen molar-refractivity contribution in [1.82, 2.24) is 16.0 Å². The van der Waals surface area contributed by atoms with Crippen LogP contribution in [-0.4, -0.2) is 54.5 Å². The van der Waals surface area contributed by atoms with Crippen LogP contribution in [0.3, 0.4) is 0 Å². The van der Waals surface area contributed by atoms with E-state index in [9.17, 15) is 19.2 Å². The van der Waals surface area contributed by atoms with Gasteiger partial charge in [-0.1, -0.05) is 31.4 Å². The number of hydrogen-bond acceptors (Lipinski definition) is 6. The van der Waals surface area contributed by atoms with Gasteiger partial charge in [-0.3, -0.25) is 29.9 Å². The second-order valence-electron chi connectivity index (χ2n) is 7.51. The first-order valence-electron chi connectivity index (χ1n) is 10.8. The first kappa shape index (κ1) is 27.4. The number of guanidine groups is 1. The van der Waals surface area contributed by atoms with E-state index >= 15 is 0 Å². The zero-order valence-corrected chi connectivity index (χ0v) is 18.8. The Morgan fingerprint density at radius 3 is 2.27 bits per heavy atom. The molecule has 0 bridgehead atoms. The number of carbonyl (C=O) groups excluding carboxylic acids is 3. The van der Waals surface area contributed by atoms with Crippen LogP contribution in [0.1, 0.15) is 50.5 Å². The Morgan fingerprint density at radius 1 is 1.03 bits per heavy atom. The summed E-state index contributed by atoms with van der Waals surface area (Å²) < 4.78 is 5.04. The van der Waals surface area contributed by atoms with Gasteiger partial charge in [-0.05, 0) is 30.5 Å². The van der Waals surface area contributed by atoms with E-state index in [0.717, 1.165) is 25.7 Å². The van der Waals surface area contributed by atoms with Crippen molar-refractivity contribution in [1.29, 1.82) is 5.41 Å². The monoisotopic (exact) mass is 463 g/mol. The lowest BCUT2D eigenvalue weighted by atomic mass is 10.1. The predicted octanol–water partition coefficient (Wildman–Crippen LogP) is 0.664. The lowest BCUT2D eigenvalue weighted by Gasteiger charge is -2.16. The van der Waals surface area contributed by atoms with Crippen molar-refractivity contribution >= 4 is 29.7 Å². The van der Waals surface area contributed by atoms with Crippen LogP contribution in [0.2, 0.25) is 0 Å². The fourth-order valence-corrected chi connectivity index (χ4v) is 3.01. The largest absolute Gasteiger partial charge is 0.497 e. The van der Waals surface area contributed by atoms with Gasteiger partial charge in [0.1, 0.15) is 11.8 Å². The van der Waals surface area contributed by atoms with Crippen molar-refractivity contribution in [3.8, 4) is 5.75 Å². The molecule has 3 amide bonds. The molecular weight excluding hydrogens is 430 g/mol. The van der Waals surface area contributed by atoms with E-state index in [0.29, 0.717) is 24.3 Å². The number of nitrogens with two attached hydrogens (primary N) is 1. The number of amides is 3. The van der Waals surface area contributed by atoms with Gasteiger partial charge in [0.15, 0.2) is 5.96 Å². The Morgan fingerprint density at radius 2 is 1.67 bits per heavy atom. The minimum Gasteiger partial charge on any atom is -0.497 e. The summed E-state index contributed by atoms with van der Waals surface area (Å²) in [5.74, 6) is -2.61. The fourth-order valence-electron chi connectivity index (χ4n) is 3.01. The van der Waals surface area contributed by atoms with E-state index in [4.69, 9.17) is 21.0 Å². The number of nitrogens with one attached hydrogen (secondary N) is 4. The van der Waals surface area contributed by atoms with Gasteiger partial charge in [0, 0.05) is 13.0 Å². The quantitative estimate of drug-likeness (QED) is 0.124. The smallest absolute Gasteiger partial charge is 0.305 e. The summed E-state index contributed by atoms with van der Waals surface area (Å²) in [6.07, 6.45) is 3.50. The molecule has 0 aliphatic rings. The fraction of sp³-hybridized carbons (Fsp3) is 0.500. The molecule has 0 spiro atoms. The molecule has 0 saturated heterocycles. The highest BCUT2D eigenvalue weighted by atomic mass is 16.5. The number of ether oxygens (including phenoxy) is 1. The van der Waals surface area contributed by atoms with Gasteiger partial charge in [-0.2, -0.15) is 0 Å². The van der Waals surface area contributed by atoms with Crippen LogP contribution < -0.4 is 26.4 Å². The van der Waals surface area contributed by atoms with Gasteiger partial charge in [0.2, 0.25) is 17.7 Å². The van der Waals surface area contributed by atoms with Crippen LogP contribution in [0.5, 0.6) is 5.75 Å². The summed E-state index contributed by atoms with van der Waals surface area (Å²) in [5.41, 5.74) is 5.84. The Hall–Kier alpha value is -3.63. The summed E-state index contributed by atoms with van der Waals surface area (Å²) in [6.45, 7) is 0.624. The number of carboxylic acid groups (broad SMARTS) is 1. The number of aliphatic carboxylic acids is 1. The van der Waals surface area contributed by atoms with Crippen LogP contribution in [-0.2, 0) is 25.6 Å². The van der Waals surface area contributed by atoms with Crippen molar-refractivity contribution in [3.05, 3.63) is 29.8 Å². The molecule has 0 unspecified atom stereocenters. The molecule has 11 heteroatoms. The summed E-state index contributed by atoms with van der Waals surface area (Å²) in [6, 6.07) is 5.38. The van der Waals surface area contributed by atoms with Crippen molar-refractivity contribution in [3.63, 3.8) is 0 Å². The second kappa shape index (κ2) is 15.2. The highest BCUT2D eigenvalue weighted by Gasteiger charge is 2.25. The Labute approximate surface area is 192 Å². The molecule has 0 aromatic heterocycles. The van der Waals surface area contributed by atoms with Gasteiger partial charge in [0.05, 0.1) is 20.0 Å². The standard InChI is InChI=1S/C22H33N5O6/c1-33-16-10-8-15(9-11-16)13-19(29)27-21(32)17(14-20(30)31)26-18(28)7-5-3-2-4-6-12-25-22(23)24/h8-11,17H,2-7,12-14H2,1H3,(H,26,28)(H,30,31)(H4,23,24,25)(H,27,29,32)/t17-/m0/s1. The number of unbranched alkanes of at least 4 members (excludes halogenated alkanes) is 4. The van der Waals surface area contributed by atoms with E-state index in [2.05, 4.69) is 16.0 Å². The van der Waals surface area contributed by atoms with Crippen LogP contribution in [0.25, 0.3) is 0 Å². The van der Waals surface area contributed by atoms with Crippen molar-refractivity contribution in [2.45, 2.75) is 57.4 Å². The topological polar surface area (TPSA) is 184 Å². The first-order valence-corrected chi connectivity index (χ1v) is 10.8. The van der Waals surface area contributed by atoms with E-state index in [-0.39, 0.29) is 18.8 Å². The third kappa shape index (κ3) is 12.7. The molecule has 0 fully saturated rings. The zero-order chi connectivity index (χ0) is 24.6. The minimum atomic E-state index is -1.34. The number of rotatable bonds is 15. The molecule has 33 heavy (non-hydrogen) atoms. The summed E-state index contributed by atoms with van der Waals surface area (Å²) in [4.78, 5) is 47.8. The summed E-state index contributed by atoms with van der Waals surface area (Å²) in [5, 5.41) is 23.4. The van der Waals surface area contributed by atoms with Gasteiger partial charge in [0.25, 0.3) is 0 Å². The average molecular weight is 464 g/mol. The Kier molecular flexibility index (Phi) is 12.6. The predicted molar refractivity (Wildman–Crippen MR) is 122 cm³/mol. The Bertz CT molecular complexity index is 812. The second-order valence-corrected chi connectivity index (χ2v) is 7.51. The van der Waals surface area contributed by atoms with Gasteiger partial charge in [-0.15, -0.1) is 0 Å². The summed E-state index contributed by atoms with van der Waals surface area (Å²) in [7, 11) is 1.52. The Balaban J connectivity index is 2.41. The van der Waals surface area contributed by atoms with Gasteiger partial charge >= 0.3 is 5.97 Å². The molecule has 1 atom stereocenters. The number of hydrogen-bond donors (Lipinski definition) is 6. The number of carbonyl (C=O) groups is 4. The maximum absolute atomic E-state index is 12.4. The molecule has 11 nitrogen and oxygen atoms in total. The van der Waals surface area contributed by atoms with Gasteiger partial charge < -0.3 is 26.2 Å². The van der Waals surface area contributed by atoms with Crippen LogP contribution in [0.15, 0.2) is 24.3 Å². The lowest BCUT2D eigenvalue weighted by molar-refractivity contribution is -0.142. The average Bonchev–Trinajstić information content (AvgIpc) is 2.75. The van der Waals surface area contributed by atoms with Crippen molar-refractivity contribution < 1.29 is 29.0 Å². The molecule has 7 N–H and O–H groups in total. The van der Waals surface area contributed by atoms with E-state index in [1.807, 2.05) is 0 Å². The molecule has 0 aliphatic heterocycles. The molecule has 0 heterocycles. The van der Waals surface area contributed by atoms with Crippen LogP contribution in [0, 0.1) is 5.41 Å². The van der Waals surface area contributed by atoms with E-state index < -0.39 is 36.2 Å². The molecule has 1 aromatic carbocycles. The third-order valence-corrected chi connectivity index (χ3v) is 4.71. The normalized spacial score (nSPS) is 11.2. The van der Waals surface area contributed by atoms with Gasteiger partial charge in [-0.25, -0.2) is 0 Å². The van der Waals surface area contributed by atoms with Crippen molar-refractivity contribution in [2.24, 2.45) is 5.73 Å². The summed E-state index contributed by atoms with van der Waals surface area (Å²) >= 11 is 0. The number of methoxy groups -OCH3 is 1. The highest BCUT2D eigenvalue weighted by Crippen LogP contribution is 2.11. The number of carboxylic acids is 1. The SMILES string of the molecule is COc1ccc(CC(=O)NC(=O)[C@H](CC(=O)O)NC(=O)CCCCCCCNC(=N)N)cc1. The molecule has 0 aliphatic carbocycles. The van der Waals surface area contributed by atoms with Crippen LogP contribution in [0.4, 0.5) is 0 Å². The van der Waals surface area contributed by atoms with E-state index in [1.54, 1.807) is 24.3 Å². The lowest BCUT2D eigenvalue weighted by Crippen LogP contribution is -2.49. The molecule has 182 valence electrons. The molecule has 0 saturated carbocycles. The number of imide groups is 1. The molecule has 1 aromatic rings.